The molecule has 0 spiro atoms. The summed E-state index contributed by atoms with van der Waals surface area (Å²) < 4.78 is 30.3. The molecule has 1 aromatic rings. The number of amides is 1. The van der Waals surface area contributed by atoms with Gasteiger partial charge in [-0.2, -0.15) is 0 Å². The monoisotopic (exact) mass is 257 g/mol. The smallest absolute Gasteiger partial charge is 0.307 e. The van der Waals surface area contributed by atoms with Crippen LogP contribution in [0.4, 0.5) is 8.78 Å². The number of rotatable bonds is 4. The minimum absolute atomic E-state index is 0.0243. The van der Waals surface area contributed by atoms with E-state index in [4.69, 9.17) is 0 Å². The lowest BCUT2D eigenvalue weighted by Crippen LogP contribution is -2.29. The molecule has 0 aliphatic carbocycles. The number of carbonyl (C=O) groups excluding carboxylic acids is 2. The Balaban J connectivity index is 2.71. The highest BCUT2D eigenvalue weighted by Gasteiger charge is 2.15. The van der Waals surface area contributed by atoms with E-state index in [0.29, 0.717) is 6.07 Å². The molecule has 0 saturated carbocycles. The summed E-state index contributed by atoms with van der Waals surface area (Å²) in [5.74, 6) is -2.66. The van der Waals surface area contributed by atoms with Gasteiger partial charge in [0.25, 0.3) is 5.91 Å². The summed E-state index contributed by atoms with van der Waals surface area (Å²) in [6, 6.07) is 2.57. The van der Waals surface area contributed by atoms with E-state index in [9.17, 15) is 18.4 Å². The van der Waals surface area contributed by atoms with E-state index in [2.05, 4.69) is 4.74 Å². The molecular formula is C12H13F2NO3. The Bertz CT molecular complexity index is 442. The van der Waals surface area contributed by atoms with Gasteiger partial charge in [0.2, 0.25) is 0 Å². The number of hydrogen-bond acceptors (Lipinski definition) is 3. The van der Waals surface area contributed by atoms with E-state index >= 15 is 0 Å². The number of methoxy groups -OCH3 is 1. The van der Waals surface area contributed by atoms with Crippen molar-refractivity contribution in [2.45, 2.75) is 6.42 Å². The Morgan fingerprint density at radius 1 is 1.22 bits per heavy atom. The van der Waals surface area contributed by atoms with Crippen LogP contribution in [0.25, 0.3) is 0 Å². The van der Waals surface area contributed by atoms with Crippen LogP contribution in [0.15, 0.2) is 18.2 Å². The van der Waals surface area contributed by atoms with Crippen LogP contribution < -0.4 is 0 Å². The van der Waals surface area contributed by atoms with Crippen LogP contribution >= 0.6 is 0 Å². The van der Waals surface area contributed by atoms with Gasteiger partial charge < -0.3 is 9.64 Å². The summed E-state index contributed by atoms with van der Waals surface area (Å²) in [4.78, 5) is 23.9. The van der Waals surface area contributed by atoms with E-state index in [-0.39, 0.29) is 18.5 Å². The highest BCUT2D eigenvalue weighted by Crippen LogP contribution is 2.10. The maximum Gasteiger partial charge on any atom is 0.307 e. The molecule has 6 heteroatoms. The molecule has 0 bridgehead atoms. The Hall–Kier alpha value is -1.98. The minimum atomic E-state index is -0.820. The van der Waals surface area contributed by atoms with Crippen molar-refractivity contribution in [2.24, 2.45) is 0 Å². The first-order valence-corrected chi connectivity index (χ1v) is 5.22. The molecular weight excluding hydrogens is 244 g/mol. The average molecular weight is 257 g/mol. The number of nitrogens with zero attached hydrogens (tertiary/aromatic N) is 1. The second-order valence-corrected chi connectivity index (χ2v) is 3.71. The molecule has 0 heterocycles. The third-order valence-electron chi connectivity index (χ3n) is 2.34. The lowest BCUT2D eigenvalue weighted by atomic mass is 10.2. The van der Waals surface area contributed by atoms with Crippen LogP contribution in [0.3, 0.4) is 0 Å². The van der Waals surface area contributed by atoms with Gasteiger partial charge in [-0.15, -0.1) is 0 Å². The van der Waals surface area contributed by atoms with Gasteiger partial charge in [0.05, 0.1) is 13.5 Å². The van der Waals surface area contributed by atoms with E-state index in [1.807, 2.05) is 0 Å². The topological polar surface area (TPSA) is 46.6 Å². The molecule has 4 nitrogen and oxygen atoms in total. The van der Waals surface area contributed by atoms with Crippen molar-refractivity contribution >= 4 is 11.9 Å². The van der Waals surface area contributed by atoms with E-state index in [1.165, 1.54) is 19.1 Å². The third kappa shape index (κ3) is 3.80. The van der Waals surface area contributed by atoms with Gasteiger partial charge in [-0.25, -0.2) is 8.78 Å². The number of esters is 1. The van der Waals surface area contributed by atoms with Crippen molar-refractivity contribution in [3.05, 3.63) is 35.4 Å². The predicted molar refractivity (Wildman–Crippen MR) is 60.0 cm³/mol. The van der Waals surface area contributed by atoms with Crippen molar-refractivity contribution in [2.75, 3.05) is 20.7 Å². The maximum absolute atomic E-state index is 12.9. The number of benzene rings is 1. The summed E-state index contributed by atoms with van der Waals surface area (Å²) in [5.41, 5.74) is -0.0973. The molecule has 0 atom stereocenters. The molecule has 0 aliphatic rings. The first kappa shape index (κ1) is 14.1. The fourth-order valence-electron chi connectivity index (χ4n) is 1.36. The van der Waals surface area contributed by atoms with Crippen LogP contribution in [0, 0.1) is 11.6 Å². The first-order chi connectivity index (χ1) is 8.43. The molecule has 0 saturated heterocycles. The average Bonchev–Trinajstić information content (AvgIpc) is 2.33. The fourth-order valence-corrected chi connectivity index (χ4v) is 1.36. The maximum atomic E-state index is 12.9. The Morgan fingerprint density at radius 2 is 1.78 bits per heavy atom. The number of ether oxygens (including phenoxy) is 1. The summed E-state index contributed by atoms with van der Waals surface area (Å²) >= 11 is 0. The first-order valence-electron chi connectivity index (χ1n) is 5.22. The van der Waals surface area contributed by atoms with Crippen molar-refractivity contribution in [3.63, 3.8) is 0 Å². The Labute approximate surface area is 103 Å². The molecule has 1 aromatic carbocycles. The highest BCUT2D eigenvalue weighted by atomic mass is 19.1. The van der Waals surface area contributed by atoms with E-state index in [1.54, 1.807) is 0 Å². The zero-order chi connectivity index (χ0) is 13.7. The lowest BCUT2D eigenvalue weighted by molar-refractivity contribution is -0.140. The summed E-state index contributed by atoms with van der Waals surface area (Å²) in [6.45, 7) is 0.115. The van der Waals surface area contributed by atoms with Gasteiger partial charge >= 0.3 is 5.97 Å². The second kappa shape index (κ2) is 6.09. The zero-order valence-corrected chi connectivity index (χ0v) is 10.1. The molecule has 0 fully saturated rings. The molecule has 0 unspecified atom stereocenters. The quantitative estimate of drug-likeness (QED) is 0.770. The van der Waals surface area contributed by atoms with Crippen molar-refractivity contribution < 1.29 is 23.1 Å². The number of halogens is 2. The van der Waals surface area contributed by atoms with Crippen LogP contribution in [-0.4, -0.2) is 37.5 Å². The molecule has 1 amide bonds. The van der Waals surface area contributed by atoms with Crippen LogP contribution in [0.5, 0.6) is 0 Å². The normalized spacial score (nSPS) is 10.0. The molecule has 0 aromatic heterocycles. The predicted octanol–water partition coefficient (Wildman–Crippen LogP) is 1.60. The van der Waals surface area contributed by atoms with Gasteiger partial charge in [-0.05, 0) is 12.1 Å². The van der Waals surface area contributed by atoms with Gasteiger partial charge in [0.15, 0.2) is 0 Å². The van der Waals surface area contributed by atoms with Crippen LogP contribution in [-0.2, 0) is 9.53 Å². The number of carbonyl (C=O) groups is 2. The Kier molecular flexibility index (Phi) is 4.76. The summed E-state index contributed by atoms with van der Waals surface area (Å²) in [6.07, 6.45) is 0.0243. The van der Waals surface area contributed by atoms with Crippen LogP contribution in [0.1, 0.15) is 16.8 Å². The largest absolute Gasteiger partial charge is 0.469 e. The van der Waals surface area contributed by atoms with Gasteiger partial charge in [0.1, 0.15) is 11.6 Å². The van der Waals surface area contributed by atoms with Gasteiger partial charge in [-0.3, -0.25) is 9.59 Å². The summed E-state index contributed by atoms with van der Waals surface area (Å²) in [5, 5.41) is 0. The molecule has 0 N–H and O–H groups in total. The lowest BCUT2D eigenvalue weighted by Gasteiger charge is -2.16. The Morgan fingerprint density at radius 3 is 2.28 bits per heavy atom. The van der Waals surface area contributed by atoms with Crippen molar-refractivity contribution in [1.29, 1.82) is 0 Å². The second-order valence-electron chi connectivity index (χ2n) is 3.71. The third-order valence-corrected chi connectivity index (χ3v) is 2.34. The standard InChI is InChI=1S/C12H13F2NO3/c1-15(4-3-11(16)18-2)12(17)8-5-9(13)7-10(14)6-8/h5-7H,3-4H2,1-2H3. The minimum Gasteiger partial charge on any atom is -0.469 e. The SMILES string of the molecule is COC(=O)CCN(C)C(=O)c1cc(F)cc(F)c1. The molecule has 0 radical (unpaired) electrons. The molecule has 1 rings (SSSR count). The van der Waals surface area contributed by atoms with Crippen molar-refractivity contribution in [3.8, 4) is 0 Å². The highest BCUT2D eigenvalue weighted by molar-refractivity contribution is 5.94. The van der Waals surface area contributed by atoms with E-state index in [0.717, 1.165) is 12.1 Å². The van der Waals surface area contributed by atoms with E-state index < -0.39 is 23.5 Å². The van der Waals surface area contributed by atoms with Gasteiger partial charge in [0, 0.05) is 25.2 Å². The van der Waals surface area contributed by atoms with Crippen molar-refractivity contribution in [1.82, 2.24) is 4.90 Å². The zero-order valence-electron chi connectivity index (χ0n) is 10.1. The number of hydrogen-bond donors (Lipinski definition) is 0. The van der Waals surface area contributed by atoms with Crippen LogP contribution in [0.2, 0.25) is 0 Å². The molecule has 0 aliphatic heterocycles. The fraction of sp³-hybridized carbons (Fsp3) is 0.333. The molecule has 98 valence electrons. The van der Waals surface area contributed by atoms with Gasteiger partial charge in [-0.1, -0.05) is 0 Å². The molecule has 18 heavy (non-hydrogen) atoms. The summed E-state index contributed by atoms with van der Waals surface area (Å²) in [7, 11) is 2.68.